The molecule has 136 valence electrons. The van der Waals surface area contributed by atoms with Crippen LogP contribution in [0, 0.1) is 5.92 Å². The van der Waals surface area contributed by atoms with Gasteiger partial charge in [-0.05, 0) is 37.4 Å². The van der Waals surface area contributed by atoms with Crippen molar-refractivity contribution >= 4 is 18.3 Å². The molecule has 1 saturated carbocycles. The second kappa shape index (κ2) is 11.5. The van der Waals surface area contributed by atoms with Crippen LogP contribution in [0.3, 0.4) is 0 Å². The number of carbonyl (C=O) groups is 1. The zero-order valence-electron chi connectivity index (χ0n) is 15.2. The molecular formula is C20H33ClN2O. The first-order valence-corrected chi connectivity index (χ1v) is 9.31. The second-order valence-corrected chi connectivity index (χ2v) is 6.60. The maximum absolute atomic E-state index is 12.9. The van der Waals surface area contributed by atoms with Crippen molar-refractivity contribution in [3.05, 3.63) is 35.9 Å². The number of likely N-dealkylation sites (N-methyl/N-ethyl adjacent to an activating group) is 1. The lowest BCUT2D eigenvalue weighted by Crippen LogP contribution is -2.39. The smallest absolute Gasteiger partial charge is 0.227 e. The lowest BCUT2D eigenvalue weighted by molar-refractivity contribution is -0.124. The molecule has 1 aliphatic rings. The molecule has 0 aliphatic heterocycles. The third-order valence-electron chi connectivity index (χ3n) is 5.18. The largest absolute Gasteiger partial charge is 0.354 e. The third-order valence-corrected chi connectivity index (χ3v) is 5.18. The molecule has 24 heavy (non-hydrogen) atoms. The van der Waals surface area contributed by atoms with Crippen molar-refractivity contribution in [3.63, 3.8) is 0 Å². The number of hydrogen-bond donors (Lipinski definition) is 1. The van der Waals surface area contributed by atoms with Crippen molar-refractivity contribution in [2.45, 2.75) is 51.9 Å². The standard InChI is InChI=1S/C20H32N2O.ClH/c1-3-22(4-2)16-15-21-20(23)19(17-11-7-5-8-12-17)18-13-9-6-10-14-18;/h5,7-8,11-12,18-19H,3-4,6,9-10,13-16H2,1-2H3,(H,21,23);1H. The lowest BCUT2D eigenvalue weighted by Gasteiger charge is -2.30. The fourth-order valence-electron chi connectivity index (χ4n) is 3.75. The first kappa shape index (κ1) is 21.0. The molecule has 1 aliphatic carbocycles. The van der Waals surface area contributed by atoms with Crippen molar-refractivity contribution in [2.75, 3.05) is 26.2 Å². The summed E-state index contributed by atoms with van der Waals surface area (Å²) in [4.78, 5) is 15.2. The quantitative estimate of drug-likeness (QED) is 0.759. The molecular weight excluding hydrogens is 320 g/mol. The van der Waals surface area contributed by atoms with Gasteiger partial charge in [0.25, 0.3) is 0 Å². The summed E-state index contributed by atoms with van der Waals surface area (Å²) in [7, 11) is 0. The molecule has 0 bridgehead atoms. The monoisotopic (exact) mass is 352 g/mol. The molecule has 0 saturated heterocycles. The van der Waals surface area contributed by atoms with Crippen LogP contribution in [0.1, 0.15) is 57.4 Å². The Morgan fingerprint density at radius 3 is 2.33 bits per heavy atom. The van der Waals surface area contributed by atoms with E-state index in [1.54, 1.807) is 0 Å². The predicted molar refractivity (Wildman–Crippen MR) is 104 cm³/mol. The van der Waals surface area contributed by atoms with Gasteiger partial charge in [0, 0.05) is 13.1 Å². The van der Waals surface area contributed by atoms with Gasteiger partial charge in [0.05, 0.1) is 5.92 Å². The van der Waals surface area contributed by atoms with Crippen LogP contribution in [0.15, 0.2) is 30.3 Å². The average Bonchev–Trinajstić information content (AvgIpc) is 2.61. The fraction of sp³-hybridized carbons (Fsp3) is 0.650. The molecule has 2 rings (SSSR count). The number of halogens is 1. The molecule has 1 fully saturated rings. The number of benzene rings is 1. The summed E-state index contributed by atoms with van der Waals surface area (Å²) < 4.78 is 0. The number of rotatable bonds is 8. The Morgan fingerprint density at radius 1 is 1.12 bits per heavy atom. The van der Waals surface area contributed by atoms with E-state index in [0.29, 0.717) is 5.92 Å². The topological polar surface area (TPSA) is 32.3 Å². The summed E-state index contributed by atoms with van der Waals surface area (Å²) in [6.07, 6.45) is 6.22. The van der Waals surface area contributed by atoms with Crippen molar-refractivity contribution in [3.8, 4) is 0 Å². The molecule has 1 amide bonds. The molecule has 1 aromatic carbocycles. The maximum Gasteiger partial charge on any atom is 0.227 e. The van der Waals surface area contributed by atoms with Gasteiger partial charge in [-0.3, -0.25) is 4.79 Å². The minimum Gasteiger partial charge on any atom is -0.354 e. The summed E-state index contributed by atoms with van der Waals surface area (Å²) >= 11 is 0. The lowest BCUT2D eigenvalue weighted by atomic mass is 9.76. The molecule has 0 aromatic heterocycles. The number of nitrogens with zero attached hydrogens (tertiary/aromatic N) is 1. The molecule has 0 spiro atoms. The van der Waals surface area contributed by atoms with Crippen molar-refractivity contribution in [2.24, 2.45) is 5.92 Å². The number of hydrogen-bond acceptors (Lipinski definition) is 2. The Hall–Kier alpha value is -1.06. The molecule has 1 N–H and O–H groups in total. The molecule has 4 heteroatoms. The van der Waals surface area contributed by atoms with Gasteiger partial charge in [0.15, 0.2) is 0 Å². The number of nitrogens with one attached hydrogen (secondary N) is 1. The highest BCUT2D eigenvalue weighted by molar-refractivity contribution is 5.85. The van der Waals surface area contributed by atoms with Gasteiger partial charge in [-0.1, -0.05) is 63.4 Å². The van der Waals surface area contributed by atoms with Crippen molar-refractivity contribution in [1.82, 2.24) is 10.2 Å². The summed E-state index contributed by atoms with van der Waals surface area (Å²) in [5, 5.41) is 3.20. The Labute approximate surface area is 153 Å². The zero-order chi connectivity index (χ0) is 16.5. The van der Waals surface area contributed by atoms with Crippen LogP contribution in [-0.2, 0) is 4.79 Å². The van der Waals surface area contributed by atoms with Crippen LogP contribution in [0.4, 0.5) is 0 Å². The van der Waals surface area contributed by atoms with Crippen molar-refractivity contribution < 1.29 is 4.79 Å². The van der Waals surface area contributed by atoms with E-state index in [-0.39, 0.29) is 24.2 Å². The Bertz CT molecular complexity index is 456. The van der Waals surface area contributed by atoms with Gasteiger partial charge in [-0.25, -0.2) is 0 Å². The van der Waals surface area contributed by atoms with E-state index in [0.717, 1.165) is 26.2 Å². The Morgan fingerprint density at radius 2 is 1.75 bits per heavy atom. The first-order valence-electron chi connectivity index (χ1n) is 9.31. The van der Waals surface area contributed by atoms with E-state index < -0.39 is 0 Å². The normalized spacial score (nSPS) is 16.5. The summed E-state index contributed by atoms with van der Waals surface area (Å²) in [5.74, 6) is 0.739. The highest BCUT2D eigenvalue weighted by atomic mass is 35.5. The van der Waals surface area contributed by atoms with Gasteiger partial charge < -0.3 is 10.2 Å². The molecule has 1 unspecified atom stereocenters. The van der Waals surface area contributed by atoms with Gasteiger partial charge in [-0.2, -0.15) is 0 Å². The summed E-state index contributed by atoms with van der Waals surface area (Å²) in [6, 6.07) is 10.4. The molecule has 0 heterocycles. The van der Waals surface area contributed by atoms with Crippen LogP contribution in [-0.4, -0.2) is 37.0 Å². The highest BCUT2D eigenvalue weighted by Crippen LogP contribution is 2.36. The summed E-state index contributed by atoms with van der Waals surface area (Å²) in [6.45, 7) is 8.09. The van der Waals surface area contributed by atoms with Crippen LogP contribution >= 0.6 is 12.4 Å². The highest BCUT2D eigenvalue weighted by Gasteiger charge is 2.30. The van der Waals surface area contributed by atoms with E-state index in [4.69, 9.17) is 0 Å². The number of amides is 1. The predicted octanol–water partition coefficient (Wildman–Crippen LogP) is 4.23. The van der Waals surface area contributed by atoms with Crippen molar-refractivity contribution in [1.29, 1.82) is 0 Å². The van der Waals surface area contributed by atoms with Gasteiger partial charge >= 0.3 is 0 Å². The van der Waals surface area contributed by atoms with Crippen LogP contribution in [0.2, 0.25) is 0 Å². The van der Waals surface area contributed by atoms with E-state index in [1.807, 2.05) is 18.2 Å². The summed E-state index contributed by atoms with van der Waals surface area (Å²) in [5.41, 5.74) is 1.18. The van der Waals surface area contributed by atoms with Gasteiger partial charge in [0.1, 0.15) is 0 Å². The average molecular weight is 353 g/mol. The maximum atomic E-state index is 12.9. The molecule has 1 atom stereocenters. The zero-order valence-corrected chi connectivity index (χ0v) is 16.0. The van der Waals surface area contributed by atoms with Crippen LogP contribution in [0.25, 0.3) is 0 Å². The Balaban J connectivity index is 0.00000288. The van der Waals surface area contributed by atoms with Gasteiger partial charge in [0.2, 0.25) is 5.91 Å². The second-order valence-electron chi connectivity index (χ2n) is 6.60. The molecule has 3 nitrogen and oxygen atoms in total. The Kier molecular flexibility index (Phi) is 10.0. The number of carbonyl (C=O) groups excluding carboxylic acids is 1. The minimum atomic E-state index is 0. The minimum absolute atomic E-state index is 0. The van der Waals surface area contributed by atoms with Crippen LogP contribution in [0.5, 0.6) is 0 Å². The first-order chi connectivity index (χ1) is 11.3. The molecule has 1 aromatic rings. The molecule has 0 radical (unpaired) electrons. The third kappa shape index (κ3) is 6.10. The van der Waals surface area contributed by atoms with Gasteiger partial charge in [-0.15, -0.1) is 12.4 Å². The van der Waals surface area contributed by atoms with E-state index in [1.165, 1.54) is 37.7 Å². The SMILES string of the molecule is CCN(CC)CCNC(=O)C(c1ccccc1)C1CCCCC1.Cl. The van der Waals surface area contributed by atoms with E-state index in [2.05, 4.69) is 36.2 Å². The van der Waals surface area contributed by atoms with E-state index in [9.17, 15) is 4.79 Å². The van der Waals surface area contributed by atoms with E-state index >= 15 is 0 Å². The fourth-order valence-corrected chi connectivity index (χ4v) is 3.75. The van der Waals surface area contributed by atoms with Crippen LogP contribution < -0.4 is 5.32 Å².